The third kappa shape index (κ3) is 17.3. The van der Waals surface area contributed by atoms with Crippen molar-refractivity contribution in [2.75, 3.05) is 79.3 Å². The van der Waals surface area contributed by atoms with Crippen LogP contribution in [-0.2, 0) is 90.3 Å². The normalized spacial score (nSPS) is 17.7. The second-order valence-corrected chi connectivity index (χ2v) is 23.5. The van der Waals surface area contributed by atoms with Gasteiger partial charge in [0.2, 0.25) is 17.6 Å². The molecule has 5 aromatic heterocycles. The molecule has 0 bridgehead atoms. The summed E-state index contributed by atoms with van der Waals surface area (Å²) in [6.45, 7) is 6.74. The standard InChI is InChI=1S/C23H24N4O4.C23H22N4O4.C18H17F3N2O7S.2CH4/c2*28-23-26-22(31-15-19-14-29-9-10-30-19)12-21-20-4-2-16(11-17(20)5-8-27(21)23)1-3-18-13-24-6-7-25-18;19-18(20,21)31(25,26)30-12-1-2-14-11(7-12)3-4-23-15(14)8-16(22-17(23)24)29-10-13-9-27-5-6-28-13;;/h2,4,6-7,11-13,19H,1,3,5,8-10,14-15H2;1-4,6-7,11-13,19H,5,8-10,14-15H2;1-2,7-8,13H,3-6,9-10H2;2*1H4/b;3-1+;;;. The van der Waals surface area contributed by atoms with E-state index in [-0.39, 0.29) is 70.0 Å². The fraction of sp³-hybridized carbons (Fsp3) is 0.394. The zero-order chi connectivity index (χ0) is 64.3. The summed E-state index contributed by atoms with van der Waals surface area (Å²) in [6, 6.07) is 21.6. The van der Waals surface area contributed by atoms with Crippen LogP contribution in [0.1, 0.15) is 54.1 Å². The Morgan fingerprint density at radius 1 is 0.526 bits per heavy atom. The Bertz CT molecular complexity index is 4280. The lowest BCUT2D eigenvalue weighted by atomic mass is 9.94. The van der Waals surface area contributed by atoms with Gasteiger partial charge in [0.25, 0.3) is 0 Å². The van der Waals surface area contributed by atoms with Gasteiger partial charge in [0.15, 0.2) is 0 Å². The number of ether oxygens (including phenoxy) is 9. The molecule has 3 aromatic carbocycles. The second kappa shape index (κ2) is 31.4. The maximum Gasteiger partial charge on any atom is 0.534 e. The molecule has 3 unspecified atom stereocenters. The smallest absolute Gasteiger partial charge is 0.475 e. The SMILES string of the molecule is C.C.O=c1nc(OCC2COCCO2)cc2n1CCc1cc(/C=C/c3cnccn3)ccc1-2.O=c1nc(OCC2COCCO2)cc2n1CCc1cc(CCc3cnccn3)ccc1-2.O=c1nc(OCC2COCCO2)cc2n1CCc1cc(OS(=O)(=O)C(F)(F)F)ccc1-2. The number of nitrogens with zero attached hydrogens (tertiary/aromatic N) is 10. The van der Waals surface area contributed by atoms with E-state index in [1.807, 2.05) is 36.4 Å². The first-order valence-electron chi connectivity index (χ1n) is 30.1. The number of rotatable bonds is 16. The largest absolute Gasteiger partial charge is 0.534 e. The van der Waals surface area contributed by atoms with Crippen molar-refractivity contribution in [1.29, 1.82) is 0 Å². The van der Waals surface area contributed by atoms with Crippen LogP contribution in [0, 0.1) is 0 Å². The lowest BCUT2D eigenvalue weighted by Gasteiger charge is -2.24. The summed E-state index contributed by atoms with van der Waals surface area (Å²) in [5.74, 6) is 0.236. The number of alkyl halides is 3. The van der Waals surface area contributed by atoms with E-state index in [1.54, 1.807) is 46.3 Å². The summed E-state index contributed by atoms with van der Waals surface area (Å²) in [4.78, 5) is 66.4. The summed E-state index contributed by atoms with van der Waals surface area (Å²) >= 11 is 0. The third-order valence-corrected chi connectivity index (χ3v) is 16.7. The Kier molecular flexibility index (Phi) is 22.7. The van der Waals surface area contributed by atoms with Crippen LogP contribution in [0.4, 0.5) is 13.2 Å². The monoisotopic (exact) mass is 1330 g/mol. The van der Waals surface area contributed by atoms with Gasteiger partial charge in [-0.25, -0.2) is 14.4 Å². The van der Waals surface area contributed by atoms with E-state index < -0.39 is 27.1 Å². The van der Waals surface area contributed by atoms with Gasteiger partial charge in [-0.15, -0.1) is 0 Å². The number of hydrogen-bond donors (Lipinski definition) is 0. The van der Waals surface area contributed by atoms with E-state index in [1.165, 1.54) is 39.5 Å². The fourth-order valence-electron chi connectivity index (χ4n) is 11.1. The molecule has 8 aromatic rings. The van der Waals surface area contributed by atoms with Gasteiger partial charge in [-0.1, -0.05) is 57.3 Å². The molecule has 95 heavy (non-hydrogen) atoms. The zero-order valence-corrected chi connectivity index (χ0v) is 50.9. The predicted octanol–water partition coefficient (Wildman–Crippen LogP) is 6.82. The molecule has 3 saturated heterocycles. The van der Waals surface area contributed by atoms with E-state index in [0.29, 0.717) is 114 Å². The molecule has 0 aliphatic carbocycles. The molecule has 29 heteroatoms. The maximum atomic E-state index is 12.6. The molecule has 14 rings (SSSR count). The van der Waals surface area contributed by atoms with Crippen LogP contribution < -0.4 is 35.5 Å². The molecular formula is C66H71F3N10O15S. The summed E-state index contributed by atoms with van der Waals surface area (Å²) in [5, 5.41) is 0. The van der Waals surface area contributed by atoms with Crippen molar-refractivity contribution >= 4 is 22.3 Å². The van der Waals surface area contributed by atoms with Gasteiger partial charge < -0.3 is 46.8 Å². The molecule has 502 valence electrons. The van der Waals surface area contributed by atoms with Gasteiger partial charge in [0.1, 0.15) is 43.9 Å². The minimum atomic E-state index is -5.78. The van der Waals surface area contributed by atoms with Crippen LogP contribution in [0.15, 0.2) is 124 Å². The topological polar surface area (TPSA) is 283 Å². The van der Waals surface area contributed by atoms with Crippen molar-refractivity contribution in [1.82, 2.24) is 48.6 Å². The maximum absolute atomic E-state index is 12.6. The zero-order valence-electron chi connectivity index (χ0n) is 50.1. The van der Waals surface area contributed by atoms with Gasteiger partial charge in [-0.2, -0.15) is 36.5 Å². The highest BCUT2D eigenvalue weighted by atomic mass is 32.2. The molecule has 0 saturated carbocycles. The molecule has 11 heterocycles. The number of benzene rings is 3. The minimum absolute atomic E-state index is 0. The minimum Gasteiger partial charge on any atom is -0.475 e. The Labute approximate surface area is 544 Å². The molecule has 0 N–H and O–H groups in total. The molecule has 3 atom stereocenters. The number of hydrogen-bond acceptors (Lipinski definition) is 22. The van der Waals surface area contributed by atoms with E-state index >= 15 is 0 Å². The highest BCUT2D eigenvalue weighted by Gasteiger charge is 2.48. The average molecular weight is 1330 g/mol. The fourth-order valence-corrected chi connectivity index (χ4v) is 11.6. The van der Waals surface area contributed by atoms with Crippen LogP contribution >= 0.6 is 0 Å². The van der Waals surface area contributed by atoms with Crippen molar-refractivity contribution in [2.45, 2.75) is 90.4 Å². The van der Waals surface area contributed by atoms with E-state index in [0.717, 1.165) is 71.2 Å². The van der Waals surface area contributed by atoms with Crippen LogP contribution in [0.3, 0.4) is 0 Å². The van der Waals surface area contributed by atoms with Gasteiger partial charge >= 0.3 is 32.7 Å². The van der Waals surface area contributed by atoms with E-state index in [2.05, 4.69) is 63.3 Å². The molecule has 0 spiro atoms. The van der Waals surface area contributed by atoms with Crippen molar-refractivity contribution < 1.29 is 68.4 Å². The van der Waals surface area contributed by atoms with Gasteiger partial charge in [0.05, 0.1) is 94.1 Å². The van der Waals surface area contributed by atoms with Crippen LogP contribution in [0.25, 0.3) is 45.9 Å². The van der Waals surface area contributed by atoms with Crippen LogP contribution in [0.5, 0.6) is 23.4 Å². The lowest BCUT2D eigenvalue weighted by molar-refractivity contribution is -0.102. The van der Waals surface area contributed by atoms with Crippen LogP contribution in [0.2, 0.25) is 0 Å². The van der Waals surface area contributed by atoms with Crippen LogP contribution in [-0.4, -0.2) is 160 Å². The van der Waals surface area contributed by atoms with Crippen molar-refractivity contribution in [2.24, 2.45) is 0 Å². The van der Waals surface area contributed by atoms with Crippen molar-refractivity contribution in [3.63, 3.8) is 0 Å². The Morgan fingerprint density at radius 2 is 0.989 bits per heavy atom. The highest BCUT2D eigenvalue weighted by molar-refractivity contribution is 7.88. The van der Waals surface area contributed by atoms with Gasteiger partial charge in [0, 0.05) is 85.5 Å². The summed E-state index contributed by atoms with van der Waals surface area (Å²) in [6.07, 6.45) is 17.2. The average Bonchev–Trinajstić information content (AvgIpc) is 0.789. The lowest BCUT2D eigenvalue weighted by Crippen LogP contribution is -2.34. The number of aryl methyl sites for hydroxylation is 5. The Hall–Kier alpha value is -9.10. The summed E-state index contributed by atoms with van der Waals surface area (Å²) in [5.41, 5.74) is 5.10. The van der Waals surface area contributed by atoms with E-state index in [4.69, 9.17) is 42.6 Å². The summed E-state index contributed by atoms with van der Waals surface area (Å²) < 4.78 is 119. The predicted molar refractivity (Wildman–Crippen MR) is 341 cm³/mol. The first-order valence-corrected chi connectivity index (χ1v) is 31.5. The number of aromatic nitrogens is 10. The Balaban J connectivity index is 0.000000154. The quantitative estimate of drug-likeness (QED) is 0.0708. The van der Waals surface area contributed by atoms with Gasteiger partial charge in [-0.3, -0.25) is 33.6 Å². The molecule has 0 radical (unpaired) electrons. The molecular weight excluding hydrogens is 1260 g/mol. The number of halogens is 3. The molecule has 0 amide bonds. The molecule has 6 aliphatic rings. The number of fused-ring (bicyclic) bond motifs is 9. The second-order valence-electron chi connectivity index (χ2n) is 22.0. The van der Waals surface area contributed by atoms with Crippen molar-refractivity contribution in [3.05, 3.63) is 181 Å². The first kappa shape index (κ1) is 68.8. The Morgan fingerprint density at radius 3 is 1.44 bits per heavy atom. The molecule has 25 nitrogen and oxygen atoms in total. The molecule has 3 fully saturated rings. The first-order chi connectivity index (χ1) is 45.2. The van der Waals surface area contributed by atoms with Crippen molar-refractivity contribution in [3.8, 4) is 57.2 Å². The highest BCUT2D eigenvalue weighted by Crippen LogP contribution is 2.36. The van der Waals surface area contributed by atoms with Gasteiger partial charge in [-0.05, 0) is 84.2 Å². The molecule has 6 aliphatic heterocycles. The summed E-state index contributed by atoms with van der Waals surface area (Å²) in [7, 11) is -5.78. The third-order valence-electron chi connectivity index (χ3n) is 15.7. The van der Waals surface area contributed by atoms with E-state index in [9.17, 15) is 36.0 Å².